The van der Waals surface area contributed by atoms with Gasteiger partial charge in [0.1, 0.15) is 0 Å². The summed E-state index contributed by atoms with van der Waals surface area (Å²) in [5.74, 6) is -0.188. The van der Waals surface area contributed by atoms with E-state index >= 15 is 0 Å². The number of carbonyl (C=O) groups is 1. The van der Waals surface area contributed by atoms with Crippen LogP contribution in [0.5, 0.6) is 0 Å². The van der Waals surface area contributed by atoms with Gasteiger partial charge in [-0.15, -0.1) is 0 Å². The summed E-state index contributed by atoms with van der Waals surface area (Å²) in [6.07, 6.45) is -0.831. The molecule has 1 amide bonds. The molecule has 3 aromatic rings. The molecule has 3 nitrogen and oxygen atoms in total. The zero-order valence-corrected chi connectivity index (χ0v) is 18.1. The van der Waals surface area contributed by atoms with Gasteiger partial charge in [-0.1, -0.05) is 57.2 Å². The van der Waals surface area contributed by atoms with Crippen LogP contribution in [-0.2, 0) is 17.4 Å². The van der Waals surface area contributed by atoms with E-state index in [1.807, 2.05) is 24.4 Å². The van der Waals surface area contributed by atoms with Gasteiger partial charge in [0.2, 0.25) is 5.91 Å². The Labute approximate surface area is 181 Å². The van der Waals surface area contributed by atoms with Crippen LogP contribution < -0.4 is 5.32 Å². The van der Waals surface area contributed by atoms with E-state index in [0.717, 1.165) is 47.0 Å². The number of aromatic amines is 1. The van der Waals surface area contributed by atoms with Crippen molar-refractivity contribution in [3.8, 4) is 0 Å². The number of rotatable bonds is 8. The SMILES string of the molecule is CCc1cccc2c([C@@H](CC(=O)NCCC(C)C)c3cccc(C(F)(F)F)c3)c[nH]c12. The van der Waals surface area contributed by atoms with Gasteiger partial charge in [0.15, 0.2) is 0 Å². The summed E-state index contributed by atoms with van der Waals surface area (Å²) >= 11 is 0. The van der Waals surface area contributed by atoms with Gasteiger partial charge in [-0.05, 0) is 41.5 Å². The molecule has 0 saturated carbocycles. The average molecular weight is 431 g/mol. The highest BCUT2D eigenvalue weighted by Crippen LogP contribution is 2.37. The summed E-state index contributed by atoms with van der Waals surface area (Å²) in [5.41, 5.74) is 2.72. The highest BCUT2D eigenvalue weighted by atomic mass is 19.4. The van der Waals surface area contributed by atoms with Crippen molar-refractivity contribution in [2.75, 3.05) is 6.54 Å². The third kappa shape index (κ3) is 5.49. The molecular formula is C25H29F3N2O. The lowest BCUT2D eigenvalue weighted by Gasteiger charge is -2.19. The summed E-state index contributed by atoms with van der Waals surface area (Å²) in [7, 11) is 0. The minimum Gasteiger partial charge on any atom is -0.361 e. The van der Waals surface area contributed by atoms with Crippen molar-refractivity contribution in [2.45, 2.75) is 52.1 Å². The van der Waals surface area contributed by atoms with E-state index in [1.54, 1.807) is 6.07 Å². The van der Waals surface area contributed by atoms with E-state index in [-0.39, 0.29) is 12.3 Å². The van der Waals surface area contributed by atoms with Crippen molar-refractivity contribution in [3.63, 3.8) is 0 Å². The molecule has 166 valence electrons. The van der Waals surface area contributed by atoms with Crippen LogP contribution in [0.25, 0.3) is 10.9 Å². The second-order valence-corrected chi connectivity index (χ2v) is 8.35. The molecule has 0 bridgehead atoms. The smallest absolute Gasteiger partial charge is 0.361 e. The highest BCUT2D eigenvalue weighted by molar-refractivity contribution is 5.88. The van der Waals surface area contributed by atoms with E-state index in [4.69, 9.17) is 0 Å². The lowest BCUT2D eigenvalue weighted by molar-refractivity contribution is -0.137. The highest BCUT2D eigenvalue weighted by Gasteiger charge is 2.32. The van der Waals surface area contributed by atoms with Crippen LogP contribution in [-0.4, -0.2) is 17.4 Å². The Morgan fingerprint density at radius 1 is 1.13 bits per heavy atom. The predicted octanol–water partition coefficient (Wildman–Crippen LogP) is 6.43. The fourth-order valence-corrected chi connectivity index (χ4v) is 3.92. The number of carbonyl (C=O) groups excluding carboxylic acids is 1. The van der Waals surface area contributed by atoms with Crippen molar-refractivity contribution < 1.29 is 18.0 Å². The third-order valence-corrected chi connectivity index (χ3v) is 5.64. The Kier molecular flexibility index (Phi) is 7.08. The summed E-state index contributed by atoms with van der Waals surface area (Å²) in [6.45, 7) is 6.77. The van der Waals surface area contributed by atoms with E-state index in [0.29, 0.717) is 18.0 Å². The number of halogens is 3. The maximum absolute atomic E-state index is 13.3. The number of hydrogen-bond donors (Lipinski definition) is 2. The summed E-state index contributed by atoms with van der Waals surface area (Å²) in [4.78, 5) is 16.0. The van der Waals surface area contributed by atoms with Crippen LogP contribution in [0.3, 0.4) is 0 Å². The molecule has 2 aromatic carbocycles. The number of aromatic nitrogens is 1. The molecule has 0 aliphatic rings. The van der Waals surface area contributed by atoms with Gasteiger partial charge in [0, 0.05) is 36.0 Å². The van der Waals surface area contributed by atoms with Gasteiger partial charge in [-0.2, -0.15) is 13.2 Å². The third-order valence-electron chi connectivity index (χ3n) is 5.64. The Hall–Kier alpha value is -2.76. The van der Waals surface area contributed by atoms with Crippen molar-refractivity contribution in [1.29, 1.82) is 0 Å². The Bertz CT molecular complexity index is 1040. The molecule has 1 heterocycles. The largest absolute Gasteiger partial charge is 0.416 e. The van der Waals surface area contributed by atoms with Gasteiger partial charge in [0.25, 0.3) is 0 Å². The Morgan fingerprint density at radius 3 is 2.55 bits per heavy atom. The first kappa shape index (κ1) is 22.9. The molecule has 0 aliphatic heterocycles. The maximum Gasteiger partial charge on any atom is 0.416 e. The lowest BCUT2D eigenvalue weighted by Crippen LogP contribution is -2.27. The summed E-state index contributed by atoms with van der Waals surface area (Å²) in [5, 5.41) is 3.86. The fraction of sp³-hybridized carbons (Fsp3) is 0.400. The van der Waals surface area contributed by atoms with E-state index in [1.165, 1.54) is 6.07 Å². The topological polar surface area (TPSA) is 44.9 Å². The van der Waals surface area contributed by atoms with Gasteiger partial charge in [-0.25, -0.2) is 0 Å². The Morgan fingerprint density at radius 2 is 1.87 bits per heavy atom. The molecule has 1 aromatic heterocycles. The molecule has 0 radical (unpaired) electrons. The minimum atomic E-state index is -4.43. The van der Waals surface area contributed by atoms with E-state index in [2.05, 4.69) is 31.1 Å². The number of fused-ring (bicyclic) bond motifs is 1. The average Bonchev–Trinajstić information content (AvgIpc) is 3.15. The van der Waals surface area contributed by atoms with Crippen molar-refractivity contribution in [3.05, 3.63) is 70.9 Å². The second-order valence-electron chi connectivity index (χ2n) is 8.35. The number of benzene rings is 2. The van der Waals surface area contributed by atoms with Crippen molar-refractivity contribution in [1.82, 2.24) is 10.3 Å². The first-order valence-corrected chi connectivity index (χ1v) is 10.7. The summed E-state index contributed by atoms with van der Waals surface area (Å²) in [6, 6.07) is 11.2. The van der Waals surface area contributed by atoms with Crippen LogP contribution in [0.4, 0.5) is 13.2 Å². The quantitative estimate of drug-likeness (QED) is 0.425. The molecule has 0 saturated heterocycles. The normalized spacial score (nSPS) is 13.0. The number of aryl methyl sites for hydroxylation is 1. The van der Waals surface area contributed by atoms with Crippen LogP contribution in [0, 0.1) is 5.92 Å². The molecule has 0 fully saturated rings. The molecule has 31 heavy (non-hydrogen) atoms. The molecule has 6 heteroatoms. The van der Waals surface area contributed by atoms with Crippen LogP contribution in [0.2, 0.25) is 0 Å². The first-order chi connectivity index (χ1) is 14.7. The van der Waals surface area contributed by atoms with E-state index in [9.17, 15) is 18.0 Å². The monoisotopic (exact) mass is 430 g/mol. The zero-order chi connectivity index (χ0) is 22.6. The number of amides is 1. The number of alkyl halides is 3. The first-order valence-electron chi connectivity index (χ1n) is 10.7. The number of para-hydroxylation sites is 1. The summed E-state index contributed by atoms with van der Waals surface area (Å²) < 4.78 is 40.0. The van der Waals surface area contributed by atoms with Crippen molar-refractivity contribution in [2.24, 2.45) is 5.92 Å². The standard InChI is InChI=1S/C25H29F3N2O/c1-4-17-7-6-10-20-22(15-30-24(17)20)21(14-23(31)29-12-11-16(2)3)18-8-5-9-19(13-18)25(26,27)28/h5-10,13,15-16,21,30H,4,11-12,14H2,1-3H3,(H,29,31)/t21-/m0/s1. The molecule has 3 rings (SSSR count). The zero-order valence-electron chi connectivity index (χ0n) is 18.1. The molecule has 2 N–H and O–H groups in total. The molecule has 0 spiro atoms. The second kappa shape index (κ2) is 9.58. The number of nitrogens with one attached hydrogen (secondary N) is 2. The van der Waals surface area contributed by atoms with Gasteiger partial charge < -0.3 is 10.3 Å². The molecular weight excluding hydrogens is 401 g/mol. The van der Waals surface area contributed by atoms with Crippen LogP contribution in [0.15, 0.2) is 48.7 Å². The Balaban J connectivity index is 2.01. The number of H-pyrrole nitrogens is 1. The number of hydrogen-bond acceptors (Lipinski definition) is 1. The predicted molar refractivity (Wildman–Crippen MR) is 118 cm³/mol. The lowest BCUT2D eigenvalue weighted by atomic mass is 9.86. The van der Waals surface area contributed by atoms with Crippen LogP contribution >= 0.6 is 0 Å². The fourth-order valence-electron chi connectivity index (χ4n) is 3.92. The van der Waals surface area contributed by atoms with Gasteiger partial charge >= 0.3 is 6.18 Å². The maximum atomic E-state index is 13.3. The van der Waals surface area contributed by atoms with E-state index < -0.39 is 17.7 Å². The van der Waals surface area contributed by atoms with Crippen molar-refractivity contribution >= 4 is 16.8 Å². The molecule has 0 unspecified atom stereocenters. The minimum absolute atomic E-state index is 0.0860. The van der Waals surface area contributed by atoms with Crippen LogP contribution in [0.1, 0.15) is 61.8 Å². The molecule has 1 atom stereocenters. The van der Waals surface area contributed by atoms with Gasteiger partial charge in [0.05, 0.1) is 5.56 Å². The van der Waals surface area contributed by atoms with Gasteiger partial charge in [-0.3, -0.25) is 4.79 Å². The molecule has 0 aliphatic carbocycles.